The van der Waals surface area contributed by atoms with Crippen LogP contribution < -0.4 is 20.7 Å². The van der Waals surface area contributed by atoms with Gasteiger partial charge in [-0.15, -0.1) is 0 Å². The SMILES string of the molecule is COc1cc2cc(c1Cl)N(C)C(=O)CC[C@]1(C)O[C@H]1[C@H](C)[C@@H]1C[C@](O)(C/C=C/C=C(\C)C2)NC(=O)O1.Nc1ccc(CCC(=O)O)cc1. The summed E-state index contributed by atoms with van der Waals surface area (Å²) in [5, 5.41) is 22.4. The fourth-order valence-electron chi connectivity index (χ4n) is 6.13. The molecule has 5 rings (SSSR count). The molecule has 5 N–H and O–H groups in total. The molecule has 2 aromatic rings. The van der Waals surface area contributed by atoms with Crippen LogP contribution in [0.4, 0.5) is 16.2 Å². The zero-order valence-electron chi connectivity index (χ0n) is 28.1. The van der Waals surface area contributed by atoms with Crippen molar-refractivity contribution in [1.82, 2.24) is 5.32 Å². The number of nitrogens with zero attached hydrogens (tertiary/aromatic N) is 1. The highest BCUT2D eigenvalue weighted by Crippen LogP contribution is 2.47. The second kappa shape index (κ2) is 15.4. The molecular weight excluding hydrogens is 638 g/mol. The van der Waals surface area contributed by atoms with E-state index in [1.165, 1.54) is 0 Å². The maximum absolute atomic E-state index is 13.2. The Hall–Kier alpha value is -4.06. The molecule has 2 aromatic carbocycles. The number of aliphatic hydroxyl groups is 1. The minimum atomic E-state index is -1.40. The van der Waals surface area contributed by atoms with Crippen molar-refractivity contribution in [2.45, 2.75) is 89.3 Å². The number of rotatable bonds is 4. The van der Waals surface area contributed by atoms with E-state index in [0.29, 0.717) is 41.4 Å². The molecule has 260 valence electrons. The summed E-state index contributed by atoms with van der Waals surface area (Å²) < 4.78 is 17.0. The number of methoxy groups -OCH3 is 1. The van der Waals surface area contributed by atoms with Gasteiger partial charge in [-0.05, 0) is 68.5 Å². The summed E-state index contributed by atoms with van der Waals surface area (Å²) in [5.41, 5.74) is 7.87. The number of nitrogens with one attached hydrogen (secondary N) is 1. The van der Waals surface area contributed by atoms with E-state index in [-0.39, 0.29) is 43.6 Å². The largest absolute Gasteiger partial charge is 0.495 e. The minimum Gasteiger partial charge on any atom is -0.495 e. The van der Waals surface area contributed by atoms with Gasteiger partial charge in [0.05, 0.1) is 24.5 Å². The highest BCUT2D eigenvalue weighted by atomic mass is 35.5. The van der Waals surface area contributed by atoms with E-state index >= 15 is 0 Å². The second-order valence-electron chi connectivity index (χ2n) is 13.1. The Kier molecular flexibility index (Phi) is 11.8. The summed E-state index contributed by atoms with van der Waals surface area (Å²) in [6, 6.07) is 11.0. The van der Waals surface area contributed by atoms with Crippen LogP contribution in [0.3, 0.4) is 0 Å². The van der Waals surface area contributed by atoms with E-state index in [2.05, 4.69) is 5.32 Å². The van der Waals surface area contributed by atoms with Crippen LogP contribution in [0.15, 0.2) is 60.2 Å². The summed E-state index contributed by atoms with van der Waals surface area (Å²) in [6.45, 7) is 5.92. The zero-order chi connectivity index (χ0) is 35.2. The number of carbonyl (C=O) groups is 3. The number of hydrogen-bond donors (Lipinski definition) is 4. The van der Waals surface area contributed by atoms with Gasteiger partial charge < -0.3 is 35.1 Å². The summed E-state index contributed by atoms with van der Waals surface area (Å²) in [6.07, 6.45) is 6.94. The maximum atomic E-state index is 13.2. The second-order valence-corrected chi connectivity index (χ2v) is 13.4. The van der Waals surface area contributed by atoms with Crippen molar-refractivity contribution in [1.29, 1.82) is 0 Å². The molecule has 0 aliphatic carbocycles. The van der Waals surface area contributed by atoms with Crippen LogP contribution in [0, 0.1) is 5.92 Å². The molecule has 0 unspecified atom stereocenters. The Labute approximate surface area is 286 Å². The number of allylic oxidation sites excluding steroid dienone is 3. The molecule has 3 aliphatic rings. The van der Waals surface area contributed by atoms with Crippen LogP contribution in [-0.4, -0.2) is 65.9 Å². The Morgan fingerprint density at radius 1 is 1.23 bits per heavy atom. The molecule has 0 aromatic heterocycles. The van der Waals surface area contributed by atoms with E-state index in [9.17, 15) is 19.5 Å². The molecule has 4 bridgehead atoms. The van der Waals surface area contributed by atoms with Gasteiger partial charge in [0.1, 0.15) is 22.6 Å². The lowest BCUT2D eigenvalue weighted by Crippen LogP contribution is -2.57. The molecule has 0 spiro atoms. The highest BCUT2D eigenvalue weighted by Gasteiger charge is 2.58. The number of hydrogen-bond acceptors (Lipinski definition) is 8. The molecule has 5 atom stereocenters. The highest BCUT2D eigenvalue weighted by molar-refractivity contribution is 6.35. The average Bonchev–Trinajstić information content (AvgIpc) is 3.72. The number of benzene rings is 2. The Bertz CT molecular complexity index is 1560. The number of carbonyl (C=O) groups excluding carboxylic acids is 2. The first-order valence-corrected chi connectivity index (χ1v) is 16.4. The van der Waals surface area contributed by atoms with Gasteiger partial charge >= 0.3 is 12.1 Å². The Morgan fingerprint density at radius 3 is 2.60 bits per heavy atom. The smallest absolute Gasteiger partial charge is 0.409 e. The van der Waals surface area contributed by atoms with Gasteiger partial charge in [-0.1, -0.05) is 54.5 Å². The van der Waals surface area contributed by atoms with Crippen LogP contribution >= 0.6 is 11.6 Å². The number of epoxide rings is 1. The average molecular weight is 684 g/mol. The van der Waals surface area contributed by atoms with Crippen LogP contribution in [0.25, 0.3) is 0 Å². The topological polar surface area (TPSA) is 164 Å². The number of ether oxygens (including phenoxy) is 3. The third kappa shape index (κ3) is 9.52. The van der Waals surface area contributed by atoms with Crippen molar-refractivity contribution in [2.75, 3.05) is 24.8 Å². The van der Waals surface area contributed by atoms with Crippen molar-refractivity contribution in [3.63, 3.8) is 0 Å². The van der Waals surface area contributed by atoms with E-state index < -0.39 is 29.5 Å². The molecule has 0 radical (unpaired) electrons. The number of halogens is 1. The number of carboxylic acids is 1. The van der Waals surface area contributed by atoms with Gasteiger partial charge in [0.2, 0.25) is 5.91 Å². The molecule has 3 heterocycles. The van der Waals surface area contributed by atoms with Crippen LogP contribution in [0.2, 0.25) is 5.02 Å². The van der Waals surface area contributed by atoms with Crippen LogP contribution in [-0.2, 0) is 31.9 Å². The third-order valence-electron chi connectivity index (χ3n) is 9.07. The first-order chi connectivity index (χ1) is 22.6. The Morgan fingerprint density at radius 2 is 1.94 bits per heavy atom. The van der Waals surface area contributed by atoms with Gasteiger partial charge in [-0.3, -0.25) is 14.9 Å². The molecule has 0 saturated carbocycles. The lowest BCUT2D eigenvalue weighted by atomic mass is 9.85. The number of aryl methyl sites for hydroxylation is 1. The van der Waals surface area contributed by atoms with Crippen molar-refractivity contribution in [3.05, 3.63) is 76.3 Å². The lowest BCUT2D eigenvalue weighted by molar-refractivity contribution is -0.137. The predicted octanol–water partition coefficient (Wildman–Crippen LogP) is 5.81. The normalized spacial score (nSPS) is 29.1. The molecular formula is C36H46ClN3O8. The molecule has 2 saturated heterocycles. The lowest BCUT2D eigenvalue weighted by Gasteiger charge is -2.38. The van der Waals surface area contributed by atoms with E-state index in [4.69, 9.17) is 36.7 Å². The van der Waals surface area contributed by atoms with Crippen LogP contribution in [0.1, 0.15) is 64.0 Å². The van der Waals surface area contributed by atoms with E-state index in [0.717, 1.165) is 16.7 Å². The molecule has 2 amide bonds. The first kappa shape index (κ1) is 36.8. The summed E-state index contributed by atoms with van der Waals surface area (Å²) in [5.74, 6) is -0.500. The third-order valence-corrected chi connectivity index (χ3v) is 9.45. The van der Waals surface area contributed by atoms with Crippen molar-refractivity contribution < 1.29 is 38.8 Å². The monoisotopic (exact) mass is 683 g/mol. The molecule has 12 heteroatoms. The van der Waals surface area contributed by atoms with Gasteiger partial charge in [0.25, 0.3) is 0 Å². The minimum absolute atomic E-state index is 0.0879. The number of nitrogens with two attached hydrogens (primary N) is 1. The molecule has 2 fully saturated rings. The molecule has 11 nitrogen and oxygen atoms in total. The quantitative estimate of drug-likeness (QED) is 0.230. The van der Waals surface area contributed by atoms with Crippen molar-refractivity contribution in [2.24, 2.45) is 5.92 Å². The number of aliphatic carboxylic acids is 1. The molecule has 3 aliphatic heterocycles. The standard InChI is InChI=1S/C27H35ClN2O6.C9H11NO2/c1-16-8-6-7-10-27(33)15-21(35-25(32)29-27)17(2)24-26(3,36-24)11-9-22(31)30(4)19-13-18(12-16)14-20(34-5)23(19)28;10-8-4-1-7(2-5-8)3-6-9(11)12/h6-8,13-14,17,21,24,33H,9-12,15H2,1-5H3,(H,29,32);1-2,4-5H,3,6,10H2,(H,11,12)/b7-6+,16-8+;/t17-,21+,24+,26+,27-;/m1./s1. The number of amides is 2. The van der Waals surface area contributed by atoms with E-state index in [1.54, 1.807) is 31.2 Å². The number of nitrogen functional groups attached to an aromatic ring is 1. The molecule has 48 heavy (non-hydrogen) atoms. The number of anilines is 2. The summed E-state index contributed by atoms with van der Waals surface area (Å²) >= 11 is 6.59. The maximum Gasteiger partial charge on any atom is 0.409 e. The van der Waals surface area contributed by atoms with Crippen LogP contribution in [0.5, 0.6) is 5.75 Å². The fourth-order valence-corrected chi connectivity index (χ4v) is 6.44. The Balaban J connectivity index is 0.000000365. The summed E-state index contributed by atoms with van der Waals surface area (Å²) in [7, 11) is 3.27. The van der Waals surface area contributed by atoms with Crippen molar-refractivity contribution >= 4 is 40.9 Å². The number of fused-ring (bicyclic) bond motifs is 5. The van der Waals surface area contributed by atoms with Gasteiger partial charge in [-0.2, -0.15) is 0 Å². The number of carboxylic acid groups (broad SMARTS) is 1. The van der Waals surface area contributed by atoms with Crippen molar-refractivity contribution in [3.8, 4) is 5.75 Å². The number of alkyl carbamates (subject to hydrolysis) is 1. The van der Waals surface area contributed by atoms with Gasteiger partial charge in [-0.25, -0.2) is 4.79 Å². The van der Waals surface area contributed by atoms with Gasteiger partial charge in [0, 0.05) is 44.3 Å². The summed E-state index contributed by atoms with van der Waals surface area (Å²) in [4.78, 5) is 37.2. The fraction of sp³-hybridized carbons (Fsp3) is 0.472. The van der Waals surface area contributed by atoms with E-state index in [1.807, 2.05) is 63.3 Å². The zero-order valence-corrected chi connectivity index (χ0v) is 28.9. The van der Waals surface area contributed by atoms with Gasteiger partial charge in [0.15, 0.2) is 0 Å². The first-order valence-electron chi connectivity index (χ1n) is 16.0. The predicted molar refractivity (Wildman–Crippen MR) is 184 cm³/mol.